The normalized spacial score (nSPS) is 12.8. The summed E-state index contributed by atoms with van der Waals surface area (Å²) in [4.78, 5) is 21.6. The predicted molar refractivity (Wildman–Crippen MR) is 63.0 cm³/mol. The van der Waals surface area contributed by atoms with Crippen molar-refractivity contribution < 1.29 is 32.6 Å². The van der Waals surface area contributed by atoms with Gasteiger partial charge in [0.15, 0.2) is 0 Å². The maximum Gasteiger partial charge on any atom is 0.441 e. The lowest BCUT2D eigenvalue weighted by atomic mass is 10.2. The van der Waals surface area contributed by atoms with Crippen LogP contribution in [-0.4, -0.2) is 54.7 Å². The van der Waals surface area contributed by atoms with Crippen molar-refractivity contribution in [3.05, 3.63) is 0 Å². The molecule has 1 atom stereocenters. The molecule has 0 fully saturated rings. The van der Waals surface area contributed by atoms with E-state index in [0.717, 1.165) is 0 Å². The van der Waals surface area contributed by atoms with Gasteiger partial charge in [0, 0.05) is 26.0 Å². The number of carboxylic acids is 1. The number of alkyl halides is 3. The molecule has 0 heterocycles. The molecule has 3 N–H and O–H groups in total. The van der Waals surface area contributed by atoms with Crippen LogP contribution in [0.3, 0.4) is 0 Å². The number of carbonyl (C=O) groups is 2. The number of aliphatic carboxylic acids is 1. The molecular formula is C9H15F3N2O4S. The Morgan fingerprint density at radius 1 is 1.37 bits per heavy atom. The zero-order valence-electron chi connectivity index (χ0n) is 10.1. The minimum atomic E-state index is -4.32. The van der Waals surface area contributed by atoms with Crippen LogP contribution in [0.25, 0.3) is 0 Å². The highest BCUT2D eigenvalue weighted by Crippen LogP contribution is 2.29. The largest absolute Gasteiger partial charge is 0.481 e. The number of thioether (sulfide) groups is 1. The van der Waals surface area contributed by atoms with Crippen molar-refractivity contribution in [3.63, 3.8) is 0 Å². The highest BCUT2D eigenvalue weighted by Gasteiger charge is 2.27. The monoisotopic (exact) mass is 304 g/mol. The SMILES string of the molecule is COC(CNC(=O)NCCSC(F)(F)F)CC(=O)O. The summed E-state index contributed by atoms with van der Waals surface area (Å²) in [6.45, 7) is -0.187. The minimum absolute atomic E-state index is 0.0406. The van der Waals surface area contributed by atoms with E-state index in [1.165, 1.54) is 7.11 Å². The molecule has 2 amide bonds. The van der Waals surface area contributed by atoms with Gasteiger partial charge < -0.3 is 20.5 Å². The van der Waals surface area contributed by atoms with Crippen molar-refractivity contribution in [2.75, 3.05) is 26.0 Å². The Morgan fingerprint density at radius 2 is 2.00 bits per heavy atom. The molecule has 0 aliphatic carbocycles. The number of halogens is 3. The van der Waals surface area contributed by atoms with Crippen LogP contribution in [0.5, 0.6) is 0 Å². The van der Waals surface area contributed by atoms with Gasteiger partial charge in [-0.05, 0) is 11.8 Å². The third-order valence-corrected chi connectivity index (χ3v) is 2.61. The second kappa shape index (κ2) is 8.86. The Kier molecular flexibility index (Phi) is 8.32. The van der Waals surface area contributed by atoms with Crippen molar-refractivity contribution >= 4 is 23.8 Å². The first-order valence-corrected chi connectivity index (χ1v) is 6.20. The van der Waals surface area contributed by atoms with E-state index in [9.17, 15) is 22.8 Å². The summed E-state index contributed by atoms with van der Waals surface area (Å²) in [5, 5.41) is 13.0. The van der Waals surface area contributed by atoms with Gasteiger partial charge in [-0.2, -0.15) is 13.2 Å². The summed E-state index contributed by atoms with van der Waals surface area (Å²) in [5.41, 5.74) is -4.32. The fraction of sp³-hybridized carbons (Fsp3) is 0.778. The van der Waals surface area contributed by atoms with E-state index in [2.05, 4.69) is 10.6 Å². The van der Waals surface area contributed by atoms with Gasteiger partial charge in [0.05, 0.1) is 12.5 Å². The summed E-state index contributed by atoms with van der Waals surface area (Å²) in [5.74, 6) is -1.37. The van der Waals surface area contributed by atoms with Gasteiger partial charge >= 0.3 is 17.5 Å². The van der Waals surface area contributed by atoms with E-state index in [1.54, 1.807) is 0 Å². The lowest BCUT2D eigenvalue weighted by Crippen LogP contribution is -2.41. The molecule has 0 aromatic carbocycles. The maximum absolute atomic E-state index is 11.8. The van der Waals surface area contributed by atoms with E-state index in [0.29, 0.717) is 0 Å². The summed E-state index contributed by atoms with van der Waals surface area (Å²) in [6, 6.07) is -0.671. The molecule has 0 spiro atoms. The molecule has 0 rings (SSSR count). The molecule has 0 aliphatic heterocycles. The third kappa shape index (κ3) is 11.7. The number of rotatable bonds is 8. The average Bonchev–Trinajstić information content (AvgIpc) is 2.28. The highest BCUT2D eigenvalue weighted by atomic mass is 32.2. The van der Waals surface area contributed by atoms with Gasteiger partial charge in [0.25, 0.3) is 0 Å². The molecule has 0 aromatic heterocycles. The number of carboxylic acid groups (broad SMARTS) is 1. The lowest BCUT2D eigenvalue weighted by Gasteiger charge is -2.14. The van der Waals surface area contributed by atoms with Crippen LogP contribution in [0.15, 0.2) is 0 Å². The molecule has 6 nitrogen and oxygen atoms in total. The van der Waals surface area contributed by atoms with Gasteiger partial charge in [0.2, 0.25) is 0 Å². The molecule has 10 heteroatoms. The van der Waals surface area contributed by atoms with Crippen LogP contribution < -0.4 is 10.6 Å². The molecule has 112 valence electrons. The first-order valence-electron chi connectivity index (χ1n) is 5.21. The van der Waals surface area contributed by atoms with Gasteiger partial charge in [-0.25, -0.2) is 4.79 Å². The first kappa shape index (κ1) is 17.8. The Balaban J connectivity index is 3.71. The summed E-state index contributed by atoms with van der Waals surface area (Å²) >= 11 is -0.232. The van der Waals surface area contributed by atoms with Gasteiger partial charge in [0.1, 0.15) is 0 Å². The lowest BCUT2D eigenvalue weighted by molar-refractivity contribution is -0.139. The summed E-state index contributed by atoms with van der Waals surface area (Å²) in [7, 11) is 1.30. The molecule has 1 unspecified atom stereocenters. The first-order chi connectivity index (χ1) is 8.74. The zero-order chi connectivity index (χ0) is 14.9. The predicted octanol–water partition coefficient (Wildman–Crippen LogP) is 1.03. The zero-order valence-corrected chi connectivity index (χ0v) is 10.9. The number of ether oxygens (including phenoxy) is 1. The van der Waals surface area contributed by atoms with Crippen molar-refractivity contribution in [1.29, 1.82) is 0 Å². The molecule has 19 heavy (non-hydrogen) atoms. The van der Waals surface area contributed by atoms with E-state index in [1.807, 2.05) is 0 Å². The Bertz CT molecular complexity index is 302. The molecule has 0 radical (unpaired) electrons. The van der Waals surface area contributed by atoms with Crippen molar-refractivity contribution in [1.82, 2.24) is 10.6 Å². The van der Waals surface area contributed by atoms with E-state index < -0.39 is 23.6 Å². The van der Waals surface area contributed by atoms with E-state index in [4.69, 9.17) is 9.84 Å². The number of hydrogen-bond donors (Lipinski definition) is 3. The topological polar surface area (TPSA) is 87.7 Å². The number of hydrogen-bond acceptors (Lipinski definition) is 4. The van der Waals surface area contributed by atoms with Gasteiger partial charge in [-0.3, -0.25) is 4.79 Å². The van der Waals surface area contributed by atoms with Gasteiger partial charge in [-0.1, -0.05) is 0 Å². The quantitative estimate of drug-likeness (QED) is 0.583. The number of nitrogens with one attached hydrogen (secondary N) is 2. The number of amides is 2. The average molecular weight is 304 g/mol. The number of urea groups is 1. The van der Waals surface area contributed by atoms with Crippen LogP contribution in [0, 0.1) is 0 Å². The molecule has 0 saturated heterocycles. The second-order valence-electron chi connectivity index (χ2n) is 3.39. The number of carbonyl (C=O) groups excluding carboxylic acids is 1. The molecular weight excluding hydrogens is 289 g/mol. The van der Waals surface area contributed by atoms with Crippen LogP contribution in [-0.2, 0) is 9.53 Å². The van der Waals surface area contributed by atoms with E-state index in [-0.39, 0.29) is 37.0 Å². The Hall–Kier alpha value is -1.16. The van der Waals surface area contributed by atoms with Crippen molar-refractivity contribution in [3.8, 4) is 0 Å². The highest BCUT2D eigenvalue weighted by molar-refractivity contribution is 8.00. The minimum Gasteiger partial charge on any atom is -0.481 e. The van der Waals surface area contributed by atoms with Crippen molar-refractivity contribution in [2.45, 2.75) is 18.0 Å². The van der Waals surface area contributed by atoms with Crippen LogP contribution in [0.2, 0.25) is 0 Å². The van der Waals surface area contributed by atoms with Crippen LogP contribution in [0.4, 0.5) is 18.0 Å². The molecule has 0 saturated carbocycles. The van der Waals surface area contributed by atoms with Crippen LogP contribution >= 0.6 is 11.8 Å². The molecule has 0 bridgehead atoms. The summed E-state index contributed by atoms with van der Waals surface area (Å²) < 4.78 is 40.1. The van der Waals surface area contributed by atoms with Gasteiger partial charge in [-0.15, -0.1) is 0 Å². The fourth-order valence-electron chi connectivity index (χ4n) is 1.03. The van der Waals surface area contributed by atoms with Crippen LogP contribution in [0.1, 0.15) is 6.42 Å². The number of methoxy groups -OCH3 is 1. The molecule has 0 aromatic rings. The maximum atomic E-state index is 11.8. The smallest absolute Gasteiger partial charge is 0.441 e. The Labute approximate surface area is 112 Å². The fourth-order valence-corrected chi connectivity index (χ4v) is 1.47. The molecule has 0 aliphatic rings. The summed E-state index contributed by atoms with van der Waals surface area (Å²) in [6.07, 6.45) is -0.964. The van der Waals surface area contributed by atoms with Crippen molar-refractivity contribution in [2.24, 2.45) is 0 Å². The third-order valence-electron chi connectivity index (χ3n) is 1.88. The standard InChI is InChI=1S/C9H15F3N2O4S/c1-18-6(4-7(15)16)5-14-8(17)13-2-3-19-9(10,11)12/h6H,2-5H2,1H3,(H,15,16)(H2,13,14,17). The Morgan fingerprint density at radius 3 is 2.47 bits per heavy atom. The van der Waals surface area contributed by atoms with E-state index >= 15 is 0 Å². The second-order valence-corrected chi connectivity index (χ2v) is 4.55.